The number of urea groups is 1. The smallest absolute Gasteiger partial charge is 0.320 e. The molecule has 0 aromatic carbocycles. The van der Waals surface area contributed by atoms with Gasteiger partial charge in [0.1, 0.15) is 0 Å². The standard InChI is InChI=1S/C13H22N2O4/c1-9(16)10-4-6-15(7-10)13(19)14-5-2-3-11(8-14)12(17)18/h9-11,16H,2-8H2,1H3,(H,17,18)/t9?,10?,11-/m1/s1. The summed E-state index contributed by atoms with van der Waals surface area (Å²) in [4.78, 5) is 26.7. The highest BCUT2D eigenvalue weighted by Gasteiger charge is 2.34. The fourth-order valence-corrected chi connectivity index (χ4v) is 2.91. The lowest BCUT2D eigenvalue weighted by atomic mass is 9.99. The van der Waals surface area contributed by atoms with Gasteiger partial charge in [0.15, 0.2) is 0 Å². The number of amides is 2. The summed E-state index contributed by atoms with van der Waals surface area (Å²) in [6.45, 7) is 3.93. The Morgan fingerprint density at radius 2 is 1.84 bits per heavy atom. The summed E-state index contributed by atoms with van der Waals surface area (Å²) in [6.07, 6.45) is 1.82. The van der Waals surface area contributed by atoms with Gasteiger partial charge in [0.25, 0.3) is 0 Å². The molecule has 2 heterocycles. The molecule has 0 spiro atoms. The highest BCUT2D eigenvalue weighted by molar-refractivity contribution is 5.77. The summed E-state index contributed by atoms with van der Waals surface area (Å²) in [7, 11) is 0. The van der Waals surface area contributed by atoms with Gasteiger partial charge in [0.2, 0.25) is 0 Å². The fourth-order valence-electron chi connectivity index (χ4n) is 2.91. The van der Waals surface area contributed by atoms with E-state index in [1.165, 1.54) is 0 Å². The Morgan fingerprint density at radius 1 is 1.16 bits per heavy atom. The second-order valence-corrected chi connectivity index (χ2v) is 5.64. The summed E-state index contributed by atoms with van der Waals surface area (Å²) in [6, 6.07) is -0.0749. The molecule has 2 aliphatic heterocycles. The lowest BCUT2D eigenvalue weighted by Gasteiger charge is -2.33. The van der Waals surface area contributed by atoms with Crippen molar-refractivity contribution in [2.45, 2.75) is 32.3 Å². The van der Waals surface area contributed by atoms with Gasteiger partial charge in [-0.05, 0) is 26.2 Å². The number of aliphatic hydroxyl groups is 1. The van der Waals surface area contributed by atoms with Crippen LogP contribution < -0.4 is 0 Å². The molecule has 2 rings (SSSR count). The van der Waals surface area contributed by atoms with E-state index >= 15 is 0 Å². The molecule has 19 heavy (non-hydrogen) atoms. The van der Waals surface area contributed by atoms with E-state index in [0.29, 0.717) is 32.6 Å². The Hall–Kier alpha value is -1.30. The van der Waals surface area contributed by atoms with E-state index in [4.69, 9.17) is 5.11 Å². The number of rotatable bonds is 2. The molecular formula is C13H22N2O4. The van der Waals surface area contributed by atoms with Crippen LogP contribution in [0, 0.1) is 11.8 Å². The molecule has 0 bridgehead atoms. The average molecular weight is 270 g/mol. The highest BCUT2D eigenvalue weighted by Crippen LogP contribution is 2.23. The lowest BCUT2D eigenvalue weighted by molar-refractivity contribution is -0.143. The Balaban J connectivity index is 1.91. The molecule has 6 heteroatoms. The largest absolute Gasteiger partial charge is 0.481 e. The predicted octanol–water partition coefficient (Wildman–Crippen LogP) is 0.606. The van der Waals surface area contributed by atoms with E-state index < -0.39 is 18.0 Å². The van der Waals surface area contributed by atoms with Crippen molar-refractivity contribution in [1.29, 1.82) is 0 Å². The van der Waals surface area contributed by atoms with Crippen LogP contribution in [0.3, 0.4) is 0 Å². The number of aliphatic hydroxyl groups excluding tert-OH is 1. The number of hydrogen-bond acceptors (Lipinski definition) is 3. The molecule has 2 aliphatic rings. The van der Waals surface area contributed by atoms with Gasteiger partial charge in [-0.15, -0.1) is 0 Å². The zero-order valence-electron chi connectivity index (χ0n) is 11.3. The molecule has 6 nitrogen and oxygen atoms in total. The third-order valence-electron chi connectivity index (χ3n) is 4.22. The van der Waals surface area contributed by atoms with Gasteiger partial charge in [-0.2, -0.15) is 0 Å². The van der Waals surface area contributed by atoms with E-state index in [0.717, 1.165) is 12.8 Å². The van der Waals surface area contributed by atoms with Gasteiger partial charge in [-0.1, -0.05) is 0 Å². The molecule has 2 fully saturated rings. The van der Waals surface area contributed by atoms with Crippen LogP contribution in [0.4, 0.5) is 4.79 Å². The minimum Gasteiger partial charge on any atom is -0.481 e. The van der Waals surface area contributed by atoms with Crippen LogP contribution in [-0.4, -0.2) is 64.3 Å². The van der Waals surface area contributed by atoms with Gasteiger partial charge in [0, 0.05) is 32.1 Å². The Morgan fingerprint density at radius 3 is 2.42 bits per heavy atom. The van der Waals surface area contributed by atoms with Crippen LogP contribution in [0.15, 0.2) is 0 Å². The molecule has 0 aliphatic carbocycles. The first-order valence-corrected chi connectivity index (χ1v) is 6.93. The number of carboxylic acids is 1. The number of piperidine rings is 1. The SMILES string of the molecule is CC(O)C1CCN(C(=O)N2CCC[C@@H](C(=O)O)C2)C1. The monoisotopic (exact) mass is 270 g/mol. The zero-order valence-corrected chi connectivity index (χ0v) is 11.3. The minimum absolute atomic E-state index is 0.0749. The molecule has 0 aromatic rings. The third-order valence-corrected chi connectivity index (χ3v) is 4.22. The summed E-state index contributed by atoms with van der Waals surface area (Å²) >= 11 is 0. The highest BCUT2D eigenvalue weighted by atomic mass is 16.4. The number of likely N-dealkylation sites (tertiary alicyclic amines) is 2. The maximum absolute atomic E-state index is 12.3. The van der Waals surface area contributed by atoms with E-state index in [-0.39, 0.29) is 11.9 Å². The number of aliphatic carboxylic acids is 1. The first kappa shape index (κ1) is 14.1. The normalized spacial score (nSPS) is 29.4. The number of nitrogens with zero attached hydrogens (tertiary/aromatic N) is 2. The summed E-state index contributed by atoms with van der Waals surface area (Å²) in [5, 5.41) is 18.6. The molecule has 2 N–H and O–H groups in total. The molecule has 0 aromatic heterocycles. The molecule has 2 unspecified atom stereocenters. The second-order valence-electron chi connectivity index (χ2n) is 5.64. The lowest BCUT2D eigenvalue weighted by Crippen LogP contribution is -2.48. The topological polar surface area (TPSA) is 81.1 Å². The first-order valence-electron chi connectivity index (χ1n) is 6.93. The van der Waals surface area contributed by atoms with Crippen molar-refractivity contribution in [2.75, 3.05) is 26.2 Å². The van der Waals surface area contributed by atoms with Gasteiger partial charge in [-0.25, -0.2) is 4.79 Å². The second kappa shape index (κ2) is 5.77. The van der Waals surface area contributed by atoms with Gasteiger partial charge in [-0.3, -0.25) is 4.79 Å². The van der Waals surface area contributed by atoms with Gasteiger partial charge < -0.3 is 20.0 Å². The fraction of sp³-hybridized carbons (Fsp3) is 0.846. The van der Waals surface area contributed by atoms with Crippen LogP contribution in [0.5, 0.6) is 0 Å². The Bertz CT molecular complexity index is 359. The van der Waals surface area contributed by atoms with Crippen molar-refractivity contribution in [3.8, 4) is 0 Å². The van der Waals surface area contributed by atoms with Crippen LogP contribution >= 0.6 is 0 Å². The number of carbonyl (C=O) groups excluding carboxylic acids is 1. The van der Waals surface area contributed by atoms with Crippen molar-refractivity contribution in [1.82, 2.24) is 9.80 Å². The van der Waals surface area contributed by atoms with Crippen molar-refractivity contribution in [3.05, 3.63) is 0 Å². The van der Waals surface area contributed by atoms with Crippen molar-refractivity contribution in [3.63, 3.8) is 0 Å². The van der Waals surface area contributed by atoms with Crippen LogP contribution in [0.2, 0.25) is 0 Å². The maximum atomic E-state index is 12.3. The average Bonchev–Trinajstić information content (AvgIpc) is 2.87. The minimum atomic E-state index is -0.819. The number of carbonyl (C=O) groups is 2. The molecule has 3 atom stereocenters. The van der Waals surface area contributed by atoms with E-state index in [1.807, 2.05) is 0 Å². The first-order chi connectivity index (χ1) is 8.99. The van der Waals surface area contributed by atoms with E-state index in [9.17, 15) is 14.7 Å². The van der Waals surface area contributed by atoms with Gasteiger partial charge >= 0.3 is 12.0 Å². The van der Waals surface area contributed by atoms with Gasteiger partial charge in [0.05, 0.1) is 12.0 Å². The van der Waals surface area contributed by atoms with Crippen LogP contribution in [-0.2, 0) is 4.79 Å². The molecule has 0 radical (unpaired) electrons. The van der Waals surface area contributed by atoms with Crippen molar-refractivity contribution in [2.24, 2.45) is 11.8 Å². The number of hydrogen-bond donors (Lipinski definition) is 2. The predicted molar refractivity (Wildman–Crippen MR) is 68.7 cm³/mol. The molecular weight excluding hydrogens is 248 g/mol. The maximum Gasteiger partial charge on any atom is 0.320 e. The number of carboxylic acid groups (broad SMARTS) is 1. The molecule has 108 valence electrons. The third kappa shape index (κ3) is 3.18. The summed E-state index contributed by atoms with van der Waals surface area (Å²) < 4.78 is 0. The Kier molecular flexibility index (Phi) is 4.29. The molecule has 2 amide bonds. The Labute approximate surface area is 113 Å². The zero-order chi connectivity index (χ0) is 14.0. The van der Waals surface area contributed by atoms with Crippen molar-refractivity contribution >= 4 is 12.0 Å². The summed E-state index contributed by atoms with van der Waals surface area (Å²) in [5.74, 6) is -1.11. The summed E-state index contributed by atoms with van der Waals surface area (Å²) in [5.41, 5.74) is 0. The van der Waals surface area contributed by atoms with E-state index in [2.05, 4.69) is 0 Å². The van der Waals surface area contributed by atoms with Crippen LogP contribution in [0.1, 0.15) is 26.2 Å². The van der Waals surface area contributed by atoms with E-state index in [1.54, 1.807) is 16.7 Å². The molecule has 2 saturated heterocycles. The van der Waals surface area contributed by atoms with Crippen LogP contribution in [0.25, 0.3) is 0 Å². The quantitative estimate of drug-likeness (QED) is 0.770. The van der Waals surface area contributed by atoms with Crippen molar-refractivity contribution < 1.29 is 19.8 Å². The molecule has 0 saturated carbocycles.